The summed E-state index contributed by atoms with van der Waals surface area (Å²) in [6.45, 7) is 2.19. The van der Waals surface area contributed by atoms with E-state index in [4.69, 9.17) is 15.2 Å². The van der Waals surface area contributed by atoms with Crippen molar-refractivity contribution in [1.82, 2.24) is 4.31 Å². The van der Waals surface area contributed by atoms with Crippen LogP contribution in [0.4, 0.5) is 5.69 Å². The molecule has 0 radical (unpaired) electrons. The number of para-hydroxylation sites is 2. The SMILES string of the molecule is COCC(C)N(C)S(=O)(=O)CCOc1ccccc1N. The number of hydrogen-bond acceptors (Lipinski definition) is 5. The smallest absolute Gasteiger partial charge is 0.217 e. The third kappa shape index (κ3) is 4.66. The molecule has 0 saturated carbocycles. The van der Waals surface area contributed by atoms with E-state index in [9.17, 15) is 8.42 Å². The Balaban J connectivity index is 2.54. The van der Waals surface area contributed by atoms with E-state index in [1.807, 2.05) is 0 Å². The topological polar surface area (TPSA) is 81.9 Å². The molecule has 0 amide bonds. The first-order valence-electron chi connectivity index (χ1n) is 6.30. The maximum absolute atomic E-state index is 12.1. The highest BCUT2D eigenvalue weighted by molar-refractivity contribution is 7.89. The molecule has 1 aromatic carbocycles. The lowest BCUT2D eigenvalue weighted by Gasteiger charge is -2.23. The average Bonchev–Trinajstić information content (AvgIpc) is 2.40. The van der Waals surface area contributed by atoms with Crippen LogP contribution in [0, 0.1) is 0 Å². The zero-order valence-corrected chi connectivity index (χ0v) is 12.9. The van der Waals surface area contributed by atoms with E-state index in [1.54, 1.807) is 31.2 Å². The van der Waals surface area contributed by atoms with Gasteiger partial charge in [0.25, 0.3) is 0 Å². The highest BCUT2D eigenvalue weighted by Crippen LogP contribution is 2.19. The molecule has 0 fully saturated rings. The van der Waals surface area contributed by atoms with E-state index < -0.39 is 10.0 Å². The van der Waals surface area contributed by atoms with E-state index in [0.29, 0.717) is 18.0 Å². The molecule has 7 heteroatoms. The Morgan fingerprint density at radius 1 is 1.35 bits per heavy atom. The number of hydrogen-bond donors (Lipinski definition) is 1. The van der Waals surface area contributed by atoms with Crippen LogP contribution in [0.15, 0.2) is 24.3 Å². The van der Waals surface area contributed by atoms with Gasteiger partial charge in [-0.15, -0.1) is 0 Å². The molecule has 0 aliphatic carbocycles. The fraction of sp³-hybridized carbons (Fsp3) is 0.538. The quantitative estimate of drug-likeness (QED) is 0.723. The maximum Gasteiger partial charge on any atom is 0.217 e. The van der Waals surface area contributed by atoms with Crippen LogP contribution in [0.3, 0.4) is 0 Å². The third-order valence-corrected chi connectivity index (χ3v) is 4.91. The Kier molecular flexibility index (Phi) is 6.25. The molecule has 1 rings (SSSR count). The highest BCUT2D eigenvalue weighted by atomic mass is 32.2. The van der Waals surface area contributed by atoms with Gasteiger partial charge in [-0.25, -0.2) is 8.42 Å². The van der Waals surface area contributed by atoms with Gasteiger partial charge in [0, 0.05) is 20.2 Å². The second-order valence-corrected chi connectivity index (χ2v) is 6.67. The van der Waals surface area contributed by atoms with Crippen molar-refractivity contribution in [3.8, 4) is 5.75 Å². The number of benzene rings is 1. The summed E-state index contributed by atoms with van der Waals surface area (Å²) in [5.74, 6) is 0.390. The van der Waals surface area contributed by atoms with Crippen LogP contribution in [0.2, 0.25) is 0 Å². The molecule has 1 atom stereocenters. The number of methoxy groups -OCH3 is 1. The summed E-state index contributed by atoms with van der Waals surface area (Å²) in [7, 11) is -0.300. The van der Waals surface area contributed by atoms with Crippen molar-refractivity contribution in [3.05, 3.63) is 24.3 Å². The third-order valence-electron chi connectivity index (χ3n) is 2.99. The number of nitrogens with two attached hydrogens (primary N) is 1. The van der Waals surface area contributed by atoms with Gasteiger partial charge < -0.3 is 15.2 Å². The highest BCUT2D eigenvalue weighted by Gasteiger charge is 2.23. The molecule has 0 heterocycles. The largest absolute Gasteiger partial charge is 0.490 e. The van der Waals surface area contributed by atoms with Gasteiger partial charge in [0.1, 0.15) is 12.4 Å². The minimum atomic E-state index is -3.38. The number of sulfonamides is 1. The molecule has 6 nitrogen and oxygen atoms in total. The van der Waals surface area contributed by atoms with E-state index in [2.05, 4.69) is 0 Å². The molecule has 0 aromatic heterocycles. The number of likely N-dealkylation sites (N-methyl/N-ethyl adjacent to an activating group) is 1. The fourth-order valence-corrected chi connectivity index (χ4v) is 2.82. The Bertz CT molecular complexity index is 519. The first-order valence-corrected chi connectivity index (χ1v) is 7.91. The second-order valence-electron chi connectivity index (χ2n) is 4.52. The molecule has 1 unspecified atom stereocenters. The fourth-order valence-electron chi connectivity index (χ4n) is 1.63. The molecule has 0 saturated heterocycles. The van der Waals surface area contributed by atoms with Gasteiger partial charge in [-0.05, 0) is 19.1 Å². The van der Waals surface area contributed by atoms with Crippen molar-refractivity contribution in [2.75, 3.05) is 38.9 Å². The van der Waals surface area contributed by atoms with Crippen molar-refractivity contribution in [2.45, 2.75) is 13.0 Å². The Morgan fingerprint density at radius 3 is 2.60 bits per heavy atom. The Morgan fingerprint density at radius 2 is 2.00 bits per heavy atom. The summed E-state index contributed by atoms with van der Waals surface area (Å²) in [5.41, 5.74) is 6.21. The Labute approximate surface area is 120 Å². The normalized spacial score (nSPS) is 13.4. The van der Waals surface area contributed by atoms with Crippen LogP contribution < -0.4 is 10.5 Å². The molecule has 114 valence electrons. The lowest BCUT2D eigenvalue weighted by atomic mass is 10.3. The van der Waals surface area contributed by atoms with Gasteiger partial charge in [-0.2, -0.15) is 4.31 Å². The van der Waals surface area contributed by atoms with Crippen LogP contribution in [0.1, 0.15) is 6.92 Å². The van der Waals surface area contributed by atoms with E-state index in [1.165, 1.54) is 18.5 Å². The van der Waals surface area contributed by atoms with E-state index in [0.717, 1.165) is 0 Å². The molecule has 1 aromatic rings. The average molecular weight is 302 g/mol. The zero-order chi connectivity index (χ0) is 15.2. The van der Waals surface area contributed by atoms with Gasteiger partial charge in [0.05, 0.1) is 18.0 Å². The first kappa shape index (κ1) is 16.7. The summed E-state index contributed by atoms with van der Waals surface area (Å²) >= 11 is 0. The van der Waals surface area contributed by atoms with Gasteiger partial charge in [0.15, 0.2) is 0 Å². The van der Waals surface area contributed by atoms with Crippen molar-refractivity contribution in [1.29, 1.82) is 0 Å². The summed E-state index contributed by atoms with van der Waals surface area (Å²) < 4.78 is 35.8. The number of nitrogens with zero attached hydrogens (tertiary/aromatic N) is 1. The predicted molar refractivity (Wildman–Crippen MR) is 79.2 cm³/mol. The van der Waals surface area contributed by atoms with Gasteiger partial charge >= 0.3 is 0 Å². The lowest BCUT2D eigenvalue weighted by molar-refractivity contribution is 0.149. The predicted octanol–water partition coefficient (Wildman–Crippen LogP) is 0.944. The van der Waals surface area contributed by atoms with Crippen molar-refractivity contribution >= 4 is 15.7 Å². The number of rotatable bonds is 8. The standard InChI is InChI=1S/C13H22N2O4S/c1-11(10-18-3)15(2)20(16,17)9-8-19-13-7-5-4-6-12(13)14/h4-7,11H,8-10,14H2,1-3H3. The molecule has 0 spiro atoms. The van der Waals surface area contributed by atoms with E-state index in [-0.39, 0.29) is 18.4 Å². The minimum absolute atomic E-state index is 0.0561. The number of ether oxygens (including phenoxy) is 2. The molecular formula is C13H22N2O4S. The summed E-state index contributed by atoms with van der Waals surface area (Å²) in [6.07, 6.45) is 0. The summed E-state index contributed by atoms with van der Waals surface area (Å²) in [4.78, 5) is 0. The molecular weight excluding hydrogens is 280 g/mol. The van der Waals surface area contributed by atoms with E-state index >= 15 is 0 Å². The first-order chi connectivity index (χ1) is 9.38. The molecule has 2 N–H and O–H groups in total. The molecule has 20 heavy (non-hydrogen) atoms. The van der Waals surface area contributed by atoms with Crippen LogP contribution in [-0.4, -0.2) is 51.9 Å². The van der Waals surface area contributed by atoms with Gasteiger partial charge in [-0.1, -0.05) is 12.1 Å². The molecule has 0 aliphatic rings. The zero-order valence-electron chi connectivity index (χ0n) is 12.1. The lowest BCUT2D eigenvalue weighted by Crippen LogP contribution is -2.40. The van der Waals surface area contributed by atoms with Crippen molar-refractivity contribution in [2.24, 2.45) is 0 Å². The summed E-state index contributed by atoms with van der Waals surface area (Å²) in [6, 6.07) is 6.77. The van der Waals surface area contributed by atoms with Crippen LogP contribution >= 0.6 is 0 Å². The molecule has 0 aliphatic heterocycles. The summed E-state index contributed by atoms with van der Waals surface area (Å²) in [5, 5.41) is 0. The van der Waals surface area contributed by atoms with Gasteiger partial charge in [-0.3, -0.25) is 0 Å². The number of anilines is 1. The number of nitrogen functional groups attached to an aromatic ring is 1. The van der Waals surface area contributed by atoms with Crippen LogP contribution in [0.5, 0.6) is 5.75 Å². The Hall–Kier alpha value is -1.31. The second kappa shape index (κ2) is 7.47. The van der Waals surface area contributed by atoms with Crippen molar-refractivity contribution in [3.63, 3.8) is 0 Å². The monoisotopic (exact) mass is 302 g/mol. The van der Waals surface area contributed by atoms with Gasteiger partial charge in [0.2, 0.25) is 10.0 Å². The molecule has 0 bridgehead atoms. The van der Waals surface area contributed by atoms with Crippen LogP contribution in [-0.2, 0) is 14.8 Å². The van der Waals surface area contributed by atoms with Crippen molar-refractivity contribution < 1.29 is 17.9 Å². The maximum atomic E-state index is 12.1. The minimum Gasteiger partial charge on any atom is -0.490 e. The van der Waals surface area contributed by atoms with Crippen LogP contribution in [0.25, 0.3) is 0 Å².